The molecule has 0 aliphatic rings. The molecular formula is C12H16N4O2. The molecule has 0 radical (unpaired) electrons. The summed E-state index contributed by atoms with van der Waals surface area (Å²) in [6.45, 7) is 0.851. The number of carbonyl (C=O) groups is 1. The van der Waals surface area contributed by atoms with Crippen molar-refractivity contribution in [1.82, 2.24) is 4.90 Å². The second kappa shape index (κ2) is 6.64. The minimum absolute atomic E-state index is 0.207. The van der Waals surface area contributed by atoms with Crippen LogP contribution < -0.4 is 0 Å². The predicted molar refractivity (Wildman–Crippen MR) is 69.1 cm³/mol. The van der Waals surface area contributed by atoms with E-state index < -0.39 is 5.97 Å². The van der Waals surface area contributed by atoms with E-state index >= 15 is 0 Å². The van der Waals surface area contributed by atoms with Crippen LogP contribution >= 0.6 is 0 Å². The smallest absolute Gasteiger partial charge is 0.335 e. The molecule has 0 bridgehead atoms. The fourth-order valence-electron chi connectivity index (χ4n) is 1.75. The molecule has 0 saturated carbocycles. The van der Waals surface area contributed by atoms with Crippen molar-refractivity contribution in [3.8, 4) is 0 Å². The summed E-state index contributed by atoms with van der Waals surface area (Å²) in [7, 11) is 3.91. The molecule has 1 rings (SSSR count). The van der Waals surface area contributed by atoms with Crippen molar-refractivity contribution in [3.05, 3.63) is 39.8 Å². The molecule has 1 N–H and O–H groups in total. The Morgan fingerprint density at radius 3 is 2.78 bits per heavy atom. The number of rotatable bonds is 6. The summed E-state index contributed by atoms with van der Waals surface area (Å²) in [4.78, 5) is 15.9. The maximum absolute atomic E-state index is 11.1. The zero-order chi connectivity index (χ0) is 13.5. The lowest BCUT2D eigenvalue weighted by Gasteiger charge is -2.12. The summed E-state index contributed by atoms with van der Waals surface area (Å²) >= 11 is 0. The topological polar surface area (TPSA) is 89.3 Å². The van der Waals surface area contributed by atoms with Crippen LogP contribution in [0.25, 0.3) is 10.4 Å². The third-order valence-electron chi connectivity index (χ3n) is 2.57. The number of carboxylic acid groups (broad SMARTS) is 1. The first-order chi connectivity index (χ1) is 8.56. The molecular weight excluding hydrogens is 232 g/mol. The van der Waals surface area contributed by atoms with Crippen molar-refractivity contribution in [3.63, 3.8) is 0 Å². The second-order valence-electron chi connectivity index (χ2n) is 4.20. The molecule has 96 valence electrons. The standard InChI is InChI=1S/C12H16N4O2/c1-16(2)8-4-6-9-10(12(17)18)5-3-7-11(9)14-15-13/h3,5,7H,4,6,8H2,1-2H3,(H,17,18). The van der Waals surface area contributed by atoms with E-state index in [0.29, 0.717) is 17.7 Å². The number of benzene rings is 1. The fourth-order valence-corrected chi connectivity index (χ4v) is 1.75. The van der Waals surface area contributed by atoms with Gasteiger partial charge in [-0.1, -0.05) is 17.2 Å². The number of carboxylic acids is 1. The first kappa shape index (κ1) is 14.0. The highest BCUT2D eigenvalue weighted by Gasteiger charge is 2.12. The van der Waals surface area contributed by atoms with Crippen LogP contribution in [0.15, 0.2) is 23.3 Å². The van der Waals surface area contributed by atoms with Gasteiger partial charge in [0.2, 0.25) is 0 Å². The molecule has 0 unspecified atom stereocenters. The summed E-state index contributed by atoms with van der Waals surface area (Å²) in [5.41, 5.74) is 9.70. The van der Waals surface area contributed by atoms with E-state index in [0.717, 1.165) is 13.0 Å². The van der Waals surface area contributed by atoms with Crippen molar-refractivity contribution in [1.29, 1.82) is 0 Å². The first-order valence-corrected chi connectivity index (χ1v) is 5.61. The normalized spacial score (nSPS) is 10.2. The van der Waals surface area contributed by atoms with E-state index in [9.17, 15) is 4.79 Å². The minimum Gasteiger partial charge on any atom is -0.478 e. The largest absolute Gasteiger partial charge is 0.478 e. The van der Waals surface area contributed by atoms with Gasteiger partial charge in [-0.3, -0.25) is 0 Å². The highest BCUT2D eigenvalue weighted by molar-refractivity contribution is 5.91. The Labute approximate surface area is 105 Å². The highest BCUT2D eigenvalue weighted by atomic mass is 16.4. The van der Waals surface area contributed by atoms with Gasteiger partial charge in [0.1, 0.15) is 0 Å². The average Bonchev–Trinajstić information content (AvgIpc) is 2.30. The molecule has 0 amide bonds. The van der Waals surface area contributed by atoms with Crippen molar-refractivity contribution in [2.24, 2.45) is 5.11 Å². The lowest BCUT2D eigenvalue weighted by Crippen LogP contribution is -2.14. The van der Waals surface area contributed by atoms with Gasteiger partial charge in [-0.25, -0.2) is 4.79 Å². The molecule has 1 aromatic rings. The van der Waals surface area contributed by atoms with E-state index in [-0.39, 0.29) is 5.56 Å². The molecule has 0 aliphatic carbocycles. The van der Waals surface area contributed by atoms with Gasteiger partial charge in [-0.05, 0) is 50.6 Å². The number of hydrogen-bond donors (Lipinski definition) is 1. The maximum Gasteiger partial charge on any atom is 0.335 e. The molecule has 6 nitrogen and oxygen atoms in total. The summed E-state index contributed by atoms with van der Waals surface area (Å²) in [5, 5.41) is 12.7. The second-order valence-corrected chi connectivity index (χ2v) is 4.20. The van der Waals surface area contributed by atoms with Gasteiger partial charge in [0.05, 0.1) is 5.56 Å². The highest BCUT2D eigenvalue weighted by Crippen LogP contribution is 2.25. The zero-order valence-electron chi connectivity index (χ0n) is 10.5. The molecule has 6 heteroatoms. The molecule has 1 aromatic carbocycles. The lowest BCUT2D eigenvalue weighted by atomic mass is 10.0. The lowest BCUT2D eigenvalue weighted by molar-refractivity contribution is 0.0695. The Kier molecular flexibility index (Phi) is 5.17. The molecule has 18 heavy (non-hydrogen) atoms. The molecule has 0 heterocycles. The summed E-state index contributed by atoms with van der Waals surface area (Å²) in [6, 6.07) is 4.75. The number of hydrogen-bond acceptors (Lipinski definition) is 3. The van der Waals surface area contributed by atoms with E-state index in [1.165, 1.54) is 6.07 Å². The quantitative estimate of drug-likeness (QED) is 0.477. The SMILES string of the molecule is CN(C)CCCc1c(N=[N+]=[N-])cccc1C(=O)O. The summed E-state index contributed by atoms with van der Waals surface area (Å²) in [6.07, 6.45) is 1.39. The third kappa shape index (κ3) is 3.76. The first-order valence-electron chi connectivity index (χ1n) is 5.61. The third-order valence-corrected chi connectivity index (χ3v) is 2.57. The molecule has 0 saturated heterocycles. The van der Waals surface area contributed by atoms with Crippen LogP contribution in [-0.2, 0) is 6.42 Å². The van der Waals surface area contributed by atoms with Gasteiger partial charge in [0.25, 0.3) is 0 Å². The Hall–Kier alpha value is -2.04. The Morgan fingerprint density at radius 2 is 2.22 bits per heavy atom. The molecule has 0 aromatic heterocycles. The van der Waals surface area contributed by atoms with Gasteiger partial charge < -0.3 is 10.0 Å². The maximum atomic E-state index is 11.1. The van der Waals surface area contributed by atoms with E-state index in [4.69, 9.17) is 10.6 Å². The fraction of sp³-hybridized carbons (Fsp3) is 0.417. The van der Waals surface area contributed by atoms with Gasteiger partial charge in [-0.15, -0.1) is 0 Å². The van der Waals surface area contributed by atoms with Crippen LogP contribution in [0.2, 0.25) is 0 Å². The summed E-state index contributed by atoms with van der Waals surface area (Å²) in [5.74, 6) is -0.996. The van der Waals surface area contributed by atoms with Crippen molar-refractivity contribution >= 4 is 11.7 Å². The molecule has 0 spiro atoms. The van der Waals surface area contributed by atoms with Crippen molar-refractivity contribution in [2.45, 2.75) is 12.8 Å². The Balaban J connectivity index is 3.03. The summed E-state index contributed by atoms with van der Waals surface area (Å²) < 4.78 is 0. The zero-order valence-corrected chi connectivity index (χ0v) is 10.5. The van der Waals surface area contributed by atoms with Crippen LogP contribution in [0.1, 0.15) is 22.3 Å². The van der Waals surface area contributed by atoms with E-state index in [2.05, 4.69) is 10.0 Å². The Bertz CT molecular complexity index is 459. The van der Waals surface area contributed by atoms with Gasteiger partial charge in [0, 0.05) is 10.6 Å². The van der Waals surface area contributed by atoms with Gasteiger partial charge in [0.15, 0.2) is 0 Å². The number of aromatic carboxylic acids is 1. The van der Waals surface area contributed by atoms with Gasteiger partial charge in [-0.2, -0.15) is 0 Å². The van der Waals surface area contributed by atoms with Crippen molar-refractivity contribution in [2.75, 3.05) is 20.6 Å². The molecule has 0 aliphatic heterocycles. The minimum atomic E-state index is -0.996. The number of azide groups is 1. The monoisotopic (exact) mass is 248 g/mol. The molecule has 0 fully saturated rings. The number of nitrogens with zero attached hydrogens (tertiary/aromatic N) is 4. The van der Waals surface area contributed by atoms with Gasteiger partial charge >= 0.3 is 5.97 Å². The van der Waals surface area contributed by atoms with E-state index in [1.807, 2.05) is 19.0 Å². The van der Waals surface area contributed by atoms with Crippen molar-refractivity contribution < 1.29 is 9.90 Å². The van der Waals surface area contributed by atoms with Crippen LogP contribution in [0.3, 0.4) is 0 Å². The Morgan fingerprint density at radius 1 is 1.50 bits per heavy atom. The predicted octanol–water partition coefficient (Wildman–Crippen LogP) is 2.82. The van der Waals surface area contributed by atoms with Crippen LogP contribution in [0, 0.1) is 0 Å². The van der Waals surface area contributed by atoms with E-state index in [1.54, 1.807) is 12.1 Å². The average molecular weight is 248 g/mol. The van der Waals surface area contributed by atoms with Crippen LogP contribution in [-0.4, -0.2) is 36.6 Å². The molecule has 0 atom stereocenters. The van der Waals surface area contributed by atoms with Crippen LogP contribution in [0.4, 0.5) is 5.69 Å². The van der Waals surface area contributed by atoms with Crippen LogP contribution in [0.5, 0.6) is 0 Å².